The molecule has 0 bridgehead atoms. The molecule has 204 valence electrons. The van der Waals surface area contributed by atoms with Gasteiger partial charge in [-0.2, -0.15) is 0 Å². The number of ether oxygens (including phenoxy) is 2. The summed E-state index contributed by atoms with van der Waals surface area (Å²) in [5, 5.41) is 21.2. The third-order valence-electron chi connectivity index (χ3n) is 7.32. The van der Waals surface area contributed by atoms with Gasteiger partial charge in [0.1, 0.15) is 18.1 Å². The molecule has 2 amide bonds. The van der Waals surface area contributed by atoms with Crippen LogP contribution in [0.25, 0.3) is 0 Å². The van der Waals surface area contributed by atoms with Crippen LogP contribution in [0.5, 0.6) is 17.2 Å². The van der Waals surface area contributed by atoms with Crippen LogP contribution in [0, 0.1) is 17.7 Å². The van der Waals surface area contributed by atoms with E-state index in [-0.39, 0.29) is 24.2 Å². The fraction of sp³-hybridized carbons (Fsp3) is 0.464. The molecule has 1 heterocycles. The number of carboxylic acids is 1. The van der Waals surface area contributed by atoms with Crippen LogP contribution in [0.3, 0.4) is 0 Å². The molecule has 0 spiro atoms. The van der Waals surface area contributed by atoms with Crippen LogP contribution in [0.15, 0.2) is 36.4 Å². The zero-order chi connectivity index (χ0) is 27.4. The topological polar surface area (TPSA) is 125 Å². The second kappa shape index (κ2) is 11.7. The SMILES string of the molecule is CC(=O)N[C@@H](COc1cccc(OC(C)[C@H]2CC[C@H](CN3Cc4ccc(O)c(F)c4C3=O)CC2)c1)C(=O)O. The molecule has 2 aromatic carbocycles. The molecule has 1 saturated carbocycles. The summed E-state index contributed by atoms with van der Waals surface area (Å²) in [7, 11) is 0. The number of amides is 2. The Morgan fingerprint density at radius 1 is 1.16 bits per heavy atom. The zero-order valence-corrected chi connectivity index (χ0v) is 21.5. The summed E-state index contributed by atoms with van der Waals surface area (Å²) in [6.45, 7) is 3.98. The first-order valence-electron chi connectivity index (χ1n) is 12.8. The predicted molar refractivity (Wildman–Crippen MR) is 136 cm³/mol. The molecule has 1 unspecified atom stereocenters. The van der Waals surface area contributed by atoms with Crippen LogP contribution in [0.1, 0.15) is 55.5 Å². The Labute approximate surface area is 220 Å². The van der Waals surface area contributed by atoms with Gasteiger partial charge >= 0.3 is 5.97 Å². The molecule has 1 fully saturated rings. The molecule has 4 rings (SSSR count). The summed E-state index contributed by atoms with van der Waals surface area (Å²) in [4.78, 5) is 36.9. The van der Waals surface area contributed by atoms with Gasteiger partial charge in [-0.3, -0.25) is 9.59 Å². The molecular weight excluding hydrogens is 495 g/mol. The number of carbonyl (C=O) groups excluding carboxylic acids is 2. The summed E-state index contributed by atoms with van der Waals surface area (Å²) in [6.07, 6.45) is 3.66. The second-order valence-electron chi connectivity index (χ2n) is 10.1. The molecule has 1 aliphatic carbocycles. The Morgan fingerprint density at radius 2 is 1.87 bits per heavy atom. The van der Waals surface area contributed by atoms with Crippen molar-refractivity contribution >= 4 is 17.8 Å². The Balaban J connectivity index is 1.25. The van der Waals surface area contributed by atoms with Crippen molar-refractivity contribution in [2.45, 2.75) is 58.2 Å². The zero-order valence-electron chi connectivity index (χ0n) is 21.5. The second-order valence-corrected chi connectivity index (χ2v) is 10.1. The maximum atomic E-state index is 14.2. The third kappa shape index (κ3) is 6.35. The number of nitrogens with one attached hydrogen (secondary N) is 1. The average molecular weight is 529 g/mol. The van der Waals surface area contributed by atoms with E-state index < -0.39 is 29.5 Å². The quantitative estimate of drug-likeness (QED) is 0.429. The summed E-state index contributed by atoms with van der Waals surface area (Å²) >= 11 is 0. The number of aliphatic carboxylic acids is 1. The number of benzene rings is 2. The van der Waals surface area contributed by atoms with Crippen LogP contribution in [0.2, 0.25) is 0 Å². The lowest BCUT2D eigenvalue weighted by molar-refractivity contribution is -0.142. The van der Waals surface area contributed by atoms with Gasteiger partial charge in [0.2, 0.25) is 5.91 Å². The number of aromatic hydroxyl groups is 1. The Morgan fingerprint density at radius 3 is 2.55 bits per heavy atom. The lowest BCUT2D eigenvalue weighted by Crippen LogP contribution is -2.43. The molecule has 9 nitrogen and oxygen atoms in total. The fourth-order valence-corrected chi connectivity index (χ4v) is 5.25. The molecular formula is C28H33FN2O7. The molecule has 1 aliphatic heterocycles. The van der Waals surface area contributed by atoms with E-state index in [0.29, 0.717) is 42.0 Å². The van der Waals surface area contributed by atoms with Gasteiger partial charge in [-0.05, 0) is 68.2 Å². The molecule has 2 aliphatic rings. The lowest BCUT2D eigenvalue weighted by atomic mass is 9.79. The monoisotopic (exact) mass is 528 g/mol. The molecule has 2 aromatic rings. The van der Waals surface area contributed by atoms with Crippen molar-refractivity contribution in [1.82, 2.24) is 10.2 Å². The van der Waals surface area contributed by atoms with Crippen LogP contribution in [-0.2, 0) is 16.1 Å². The van der Waals surface area contributed by atoms with Gasteiger partial charge in [-0.1, -0.05) is 12.1 Å². The number of carbonyl (C=O) groups is 3. The van der Waals surface area contributed by atoms with Gasteiger partial charge in [0.15, 0.2) is 17.6 Å². The molecule has 2 atom stereocenters. The average Bonchev–Trinajstić information content (AvgIpc) is 3.19. The minimum atomic E-state index is -1.18. The van der Waals surface area contributed by atoms with E-state index in [2.05, 4.69) is 5.32 Å². The number of hydrogen-bond acceptors (Lipinski definition) is 6. The van der Waals surface area contributed by atoms with Crippen molar-refractivity contribution in [3.05, 3.63) is 53.3 Å². The number of phenolic OH excluding ortho intramolecular Hbond substituents is 1. The number of fused-ring (bicyclic) bond motifs is 1. The van der Waals surface area contributed by atoms with Gasteiger partial charge < -0.3 is 29.9 Å². The highest BCUT2D eigenvalue weighted by atomic mass is 19.1. The maximum Gasteiger partial charge on any atom is 0.329 e. The first-order valence-corrected chi connectivity index (χ1v) is 12.8. The van der Waals surface area contributed by atoms with Crippen LogP contribution in [0.4, 0.5) is 4.39 Å². The van der Waals surface area contributed by atoms with Crippen molar-refractivity contribution in [3.8, 4) is 17.2 Å². The summed E-state index contributed by atoms with van der Waals surface area (Å²) < 4.78 is 26.0. The van der Waals surface area contributed by atoms with E-state index in [1.54, 1.807) is 29.2 Å². The van der Waals surface area contributed by atoms with E-state index in [0.717, 1.165) is 25.7 Å². The van der Waals surface area contributed by atoms with Gasteiger partial charge in [0, 0.05) is 26.1 Å². The van der Waals surface area contributed by atoms with Gasteiger partial charge in [-0.15, -0.1) is 0 Å². The first-order chi connectivity index (χ1) is 18.1. The predicted octanol–water partition coefficient (Wildman–Crippen LogP) is 3.73. The minimum absolute atomic E-state index is 0.0134. The minimum Gasteiger partial charge on any atom is -0.505 e. The smallest absolute Gasteiger partial charge is 0.329 e. The van der Waals surface area contributed by atoms with Gasteiger partial charge in [0.25, 0.3) is 5.91 Å². The normalized spacial score (nSPS) is 20.4. The summed E-state index contributed by atoms with van der Waals surface area (Å²) in [5.74, 6) is -1.64. The highest BCUT2D eigenvalue weighted by Crippen LogP contribution is 2.36. The van der Waals surface area contributed by atoms with Crippen molar-refractivity contribution in [1.29, 1.82) is 0 Å². The molecule has 3 N–H and O–H groups in total. The molecule has 0 saturated heterocycles. The maximum absolute atomic E-state index is 14.2. The first kappa shape index (κ1) is 27.2. The van der Waals surface area contributed by atoms with Crippen molar-refractivity contribution in [2.75, 3.05) is 13.2 Å². The van der Waals surface area contributed by atoms with Gasteiger partial charge in [-0.25, -0.2) is 9.18 Å². The highest BCUT2D eigenvalue weighted by molar-refractivity contribution is 5.99. The van der Waals surface area contributed by atoms with E-state index in [4.69, 9.17) is 9.47 Å². The molecule has 38 heavy (non-hydrogen) atoms. The Hall–Kier alpha value is -3.82. The van der Waals surface area contributed by atoms with E-state index in [9.17, 15) is 29.0 Å². The standard InChI is InChI=1S/C28H33FN2O7/c1-16(38-22-5-3-4-21(12-22)37-15-23(28(35)36)30-17(2)32)19-8-6-18(7-9-19)13-31-14-20-10-11-24(33)26(29)25(20)27(31)34/h3-5,10-12,16,18-19,23,33H,6-9,13-15H2,1-2H3,(H,30,32)(H,35,36)/t16?,18-,19-,23-/m0/s1. The van der Waals surface area contributed by atoms with Gasteiger partial charge in [0.05, 0.1) is 11.7 Å². The number of hydrogen-bond donors (Lipinski definition) is 3. The third-order valence-corrected chi connectivity index (χ3v) is 7.32. The number of carboxylic acid groups (broad SMARTS) is 1. The molecule has 0 radical (unpaired) electrons. The largest absolute Gasteiger partial charge is 0.505 e. The number of halogens is 1. The number of nitrogens with zero attached hydrogens (tertiary/aromatic N) is 1. The highest BCUT2D eigenvalue weighted by Gasteiger charge is 2.35. The van der Waals surface area contributed by atoms with Crippen LogP contribution < -0.4 is 14.8 Å². The summed E-state index contributed by atoms with van der Waals surface area (Å²) in [5.41, 5.74) is 0.598. The Bertz CT molecular complexity index is 1200. The lowest BCUT2D eigenvalue weighted by Gasteiger charge is -2.34. The summed E-state index contributed by atoms with van der Waals surface area (Å²) in [6, 6.07) is 8.71. The van der Waals surface area contributed by atoms with Crippen LogP contribution in [-0.4, -0.2) is 58.2 Å². The van der Waals surface area contributed by atoms with E-state index in [1.807, 2.05) is 13.0 Å². The van der Waals surface area contributed by atoms with Crippen molar-refractivity contribution in [3.63, 3.8) is 0 Å². The van der Waals surface area contributed by atoms with Crippen molar-refractivity contribution < 1.29 is 38.5 Å². The molecule has 10 heteroatoms. The molecule has 0 aromatic heterocycles. The van der Waals surface area contributed by atoms with Crippen LogP contribution >= 0.6 is 0 Å². The number of phenols is 1. The fourth-order valence-electron chi connectivity index (χ4n) is 5.25. The van der Waals surface area contributed by atoms with E-state index >= 15 is 0 Å². The Kier molecular flexibility index (Phi) is 8.38. The number of rotatable bonds is 10. The van der Waals surface area contributed by atoms with E-state index in [1.165, 1.54) is 13.0 Å². The van der Waals surface area contributed by atoms with Crippen molar-refractivity contribution in [2.24, 2.45) is 11.8 Å².